The third kappa shape index (κ3) is 3.49. The quantitative estimate of drug-likeness (QED) is 0.695. The number of esters is 2. The number of hydrogen-bond acceptors (Lipinski definition) is 5. The van der Waals surface area contributed by atoms with E-state index in [1.165, 1.54) is 14.2 Å². The largest absolute Gasteiger partial charge is 0.465 e. The van der Waals surface area contributed by atoms with Gasteiger partial charge in [-0.1, -0.05) is 24.3 Å². The second-order valence-corrected chi connectivity index (χ2v) is 5.15. The number of hydrogen-bond donors (Lipinski definition) is 1. The van der Waals surface area contributed by atoms with Crippen LogP contribution >= 0.6 is 12.6 Å². The van der Waals surface area contributed by atoms with Crippen LogP contribution < -0.4 is 0 Å². The fraction of sp³-hybridized carbons (Fsp3) is 0.176. The summed E-state index contributed by atoms with van der Waals surface area (Å²) >= 11 is 4.59. The highest BCUT2D eigenvalue weighted by Crippen LogP contribution is 2.28. The molecule has 0 unspecified atom stereocenters. The van der Waals surface area contributed by atoms with Crippen LogP contribution in [-0.2, 0) is 9.47 Å². The van der Waals surface area contributed by atoms with E-state index in [2.05, 4.69) is 22.1 Å². The molecule has 0 heterocycles. The van der Waals surface area contributed by atoms with Crippen LogP contribution in [-0.4, -0.2) is 26.2 Å². The number of thiol groups is 1. The summed E-state index contributed by atoms with van der Waals surface area (Å²) in [5.41, 5.74) is 2.88. The average Bonchev–Trinajstić information content (AvgIpc) is 2.60. The lowest BCUT2D eigenvalue weighted by atomic mass is 10.0. The summed E-state index contributed by atoms with van der Waals surface area (Å²) in [5, 5.41) is -0.154. The second kappa shape index (κ2) is 7.13. The van der Waals surface area contributed by atoms with Gasteiger partial charge in [0.2, 0.25) is 0 Å². The van der Waals surface area contributed by atoms with Gasteiger partial charge in [-0.25, -0.2) is 9.59 Å². The van der Waals surface area contributed by atoms with Crippen molar-refractivity contribution in [2.75, 3.05) is 14.2 Å². The van der Waals surface area contributed by atoms with E-state index in [0.717, 1.165) is 11.1 Å². The van der Waals surface area contributed by atoms with Gasteiger partial charge in [-0.05, 0) is 35.4 Å². The number of rotatable bonds is 4. The lowest BCUT2D eigenvalue weighted by Gasteiger charge is -2.12. The molecule has 0 saturated carbocycles. The summed E-state index contributed by atoms with van der Waals surface area (Å²) in [6.45, 7) is 0. The zero-order chi connectivity index (χ0) is 16.1. The van der Waals surface area contributed by atoms with Gasteiger partial charge >= 0.3 is 11.9 Å². The van der Waals surface area contributed by atoms with Crippen LogP contribution in [0.5, 0.6) is 0 Å². The highest BCUT2D eigenvalue weighted by Gasteiger charge is 2.12. The van der Waals surface area contributed by atoms with Crippen LogP contribution in [0, 0.1) is 0 Å². The topological polar surface area (TPSA) is 52.6 Å². The standard InChI is InChI=1S/C17H16O4S/c1-20-16(18)13-7-3-11(4-8-13)15(22)12-5-9-14(10-6-12)17(19)21-2/h3-10,15,22H,1-2H3. The molecule has 5 heteroatoms. The Balaban J connectivity index is 2.18. The Bertz CT molecular complexity index is 603. The summed E-state index contributed by atoms with van der Waals surface area (Å²) in [6.07, 6.45) is 0. The summed E-state index contributed by atoms with van der Waals surface area (Å²) in [5.74, 6) is -0.741. The van der Waals surface area contributed by atoms with Gasteiger partial charge in [0.25, 0.3) is 0 Å². The maximum Gasteiger partial charge on any atom is 0.337 e. The first-order valence-corrected chi connectivity index (χ1v) is 7.13. The van der Waals surface area contributed by atoms with Gasteiger partial charge in [-0.3, -0.25) is 0 Å². The Labute approximate surface area is 134 Å². The molecule has 2 rings (SSSR count). The minimum absolute atomic E-state index is 0.154. The Morgan fingerprint density at radius 1 is 0.773 bits per heavy atom. The number of methoxy groups -OCH3 is 2. The van der Waals surface area contributed by atoms with E-state index in [0.29, 0.717) is 11.1 Å². The highest BCUT2D eigenvalue weighted by molar-refractivity contribution is 7.80. The van der Waals surface area contributed by atoms with Crippen molar-refractivity contribution in [3.05, 3.63) is 70.8 Å². The molecule has 0 saturated heterocycles. The zero-order valence-electron chi connectivity index (χ0n) is 12.3. The maximum absolute atomic E-state index is 11.4. The van der Waals surface area contributed by atoms with Crippen molar-refractivity contribution >= 4 is 24.6 Å². The first kappa shape index (κ1) is 16.1. The highest BCUT2D eigenvalue weighted by atomic mass is 32.1. The van der Waals surface area contributed by atoms with Crippen LogP contribution in [0.3, 0.4) is 0 Å². The van der Waals surface area contributed by atoms with E-state index >= 15 is 0 Å². The average molecular weight is 316 g/mol. The van der Waals surface area contributed by atoms with Gasteiger partial charge in [-0.2, -0.15) is 12.6 Å². The molecule has 0 atom stereocenters. The minimum atomic E-state index is -0.371. The van der Waals surface area contributed by atoms with Gasteiger partial charge < -0.3 is 9.47 Å². The maximum atomic E-state index is 11.4. The SMILES string of the molecule is COC(=O)c1ccc(C(S)c2ccc(C(=O)OC)cc2)cc1. The molecule has 0 radical (unpaired) electrons. The monoisotopic (exact) mass is 316 g/mol. The Hall–Kier alpha value is -2.27. The first-order chi connectivity index (χ1) is 10.6. The molecule has 4 nitrogen and oxygen atoms in total. The van der Waals surface area contributed by atoms with Gasteiger partial charge in [0.05, 0.1) is 30.6 Å². The molecule has 2 aromatic rings. The van der Waals surface area contributed by atoms with Crippen molar-refractivity contribution in [2.45, 2.75) is 5.25 Å². The van der Waals surface area contributed by atoms with Crippen LogP contribution in [0.4, 0.5) is 0 Å². The number of benzene rings is 2. The van der Waals surface area contributed by atoms with E-state index in [-0.39, 0.29) is 17.2 Å². The number of ether oxygens (including phenoxy) is 2. The van der Waals surface area contributed by atoms with Crippen LogP contribution in [0.25, 0.3) is 0 Å². The van der Waals surface area contributed by atoms with Crippen molar-refractivity contribution in [1.29, 1.82) is 0 Å². The third-order valence-electron chi connectivity index (χ3n) is 3.30. The molecule has 0 spiro atoms. The third-order valence-corrected chi connectivity index (χ3v) is 3.89. The van der Waals surface area contributed by atoms with Crippen LogP contribution in [0.1, 0.15) is 37.1 Å². The summed E-state index contributed by atoms with van der Waals surface area (Å²) in [7, 11) is 2.70. The summed E-state index contributed by atoms with van der Waals surface area (Å²) < 4.78 is 9.33. The fourth-order valence-electron chi connectivity index (χ4n) is 2.03. The van der Waals surface area contributed by atoms with Gasteiger partial charge in [0.1, 0.15) is 0 Å². The van der Waals surface area contributed by atoms with Gasteiger partial charge in [0, 0.05) is 0 Å². The normalized spacial score (nSPS) is 10.4. The summed E-state index contributed by atoms with van der Waals surface area (Å²) in [4.78, 5) is 22.8. The molecular weight excluding hydrogens is 300 g/mol. The van der Waals surface area contributed by atoms with Crippen molar-refractivity contribution in [1.82, 2.24) is 0 Å². The van der Waals surface area contributed by atoms with Gasteiger partial charge in [0.15, 0.2) is 0 Å². The molecule has 0 aromatic heterocycles. The van der Waals surface area contributed by atoms with E-state index in [9.17, 15) is 9.59 Å². The van der Waals surface area contributed by atoms with E-state index in [1.807, 2.05) is 24.3 Å². The van der Waals surface area contributed by atoms with E-state index in [4.69, 9.17) is 0 Å². The van der Waals surface area contributed by atoms with Crippen molar-refractivity contribution in [3.8, 4) is 0 Å². The molecule has 2 aromatic carbocycles. The minimum Gasteiger partial charge on any atom is -0.465 e. The van der Waals surface area contributed by atoms with Crippen molar-refractivity contribution in [2.24, 2.45) is 0 Å². The number of carbonyl (C=O) groups is 2. The van der Waals surface area contributed by atoms with E-state index < -0.39 is 0 Å². The summed E-state index contributed by atoms with van der Waals surface area (Å²) in [6, 6.07) is 14.1. The smallest absolute Gasteiger partial charge is 0.337 e. The number of carbonyl (C=O) groups excluding carboxylic acids is 2. The van der Waals surface area contributed by atoms with Crippen molar-refractivity contribution < 1.29 is 19.1 Å². The van der Waals surface area contributed by atoms with Crippen LogP contribution in [0.15, 0.2) is 48.5 Å². The predicted octanol–water partition coefficient (Wildman–Crippen LogP) is 3.28. The van der Waals surface area contributed by atoms with Crippen molar-refractivity contribution in [3.63, 3.8) is 0 Å². The molecule has 114 valence electrons. The Morgan fingerprint density at radius 3 is 1.36 bits per heavy atom. The molecule has 0 aliphatic heterocycles. The molecule has 0 aliphatic carbocycles. The Kier molecular flexibility index (Phi) is 5.22. The first-order valence-electron chi connectivity index (χ1n) is 6.61. The lowest BCUT2D eigenvalue weighted by Crippen LogP contribution is -2.03. The molecule has 0 N–H and O–H groups in total. The predicted molar refractivity (Wildman–Crippen MR) is 86.4 cm³/mol. The molecule has 22 heavy (non-hydrogen) atoms. The lowest BCUT2D eigenvalue weighted by molar-refractivity contribution is 0.0592. The Morgan fingerprint density at radius 2 is 1.09 bits per heavy atom. The molecule has 0 bridgehead atoms. The second-order valence-electron chi connectivity index (χ2n) is 4.63. The molecule has 0 aliphatic rings. The van der Waals surface area contributed by atoms with Gasteiger partial charge in [-0.15, -0.1) is 0 Å². The van der Waals surface area contributed by atoms with E-state index in [1.54, 1.807) is 24.3 Å². The fourth-order valence-corrected chi connectivity index (χ4v) is 2.38. The molecule has 0 amide bonds. The molecule has 0 fully saturated rings. The molecular formula is C17H16O4S. The van der Waals surface area contributed by atoms with Crippen LogP contribution in [0.2, 0.25) is 0 Å². The zero-order valence-corrected chi connectivity index (χ0v) is 13.2.